The maximum absolute atomic E-state index is 13.4. The average molecular weight is 329 g/mol. The van der Waals surface area contributed by atoms with Crippen LogP contribution >= 0.6 is 0 Å². The quantitative estimate of drug-likeness (QED) is 0.867. The van der Waals surface area contributed by atoms with Crippen molar-refractivity contribution in [2.75, 3.05) is 19.3 Å². The van der Waals surface area contributed by atoms with Gasteiger partial charge in [0, 0.05) is 31.2 Å². The number of sulfonamides is 1. The van der Waals surface area contributed by atoms with Crippen LogP contribution in [0.4, 0.5) is 9.18 Å². The molecule has 1 aromatic rings. The van der Waals surface area contributed by atoms with Crippen LogP contribution in [0.1, 0.15) is 18.4 Å². The van der Waals surface area contributed by atoms with Gasteiger partial charge in [-0.15, -0.1) is 0 Å². The van der Waals surface area contributed by atoms with Crippen LogP contribution in [-0.2, 0) is 16.6 Å². The maximum Gasteiger partial charge on any atom is 0.315 e. The number of nitrogens with zero attached hydrogens (tertiary/aromatic N) is 1. The Hall–Kier alpha value is -1.67. The lowest BCUT2D eigenvalue weighted by atomic mass is 10.1. The molecule has 1 aliphatic rings. The van der Waals surface area contributed by atoms with Crippen molar-refractivity contribution in [2.45, 2.75) is 25.4 Å². The molecule has 0 radical (unpaired) electrons. The highest BCUT2D eigenvalue weighted by Gasteiger charge is 2.26. The summed E-state index contributed by atoms with van der Waals surface area (Å²) in [5, 5.41) is 5.31. The number of benzene rings is 1. The van der Waals surface area contributed by atoms with E-state index in [1.54, 1.807) is 18.2 Å². The van der Waals surface area contributed by atoms with Gasteiger partial charge < -0.3 is 10.6 Å². The van der Waals surface area contributed by atoms with E-state index < -0.39 is 16.1 Å². The Balaban J connectivity index is 1.83. The number of carbonyl (C=O) groups excluding carboxylic acids is 1. The van der Waals surface area contributed by atoms with Gasteiger partial charge in [-0.3, -0.25) is 0 Å². The topological polar surface area (TPSA) is 78.5 Å². The highest BCUT2D eigenvalue weighted by molar-refractivity contribution is 7.88. The number of hydrogen-bond acceptors (Lipinski definition) is 3. The van der Waals surface area contributed by atoms with Crippen LogP contribution in [0.25, 0.3) is 0 Å². The highest BCUT2D eigenvalue weighted by Crippen LogP contribution is 2.13. The van der Waals surface area contributed by atoms with Gasteiger partial charge in [0.2, 0.25) is 10.0 Å². The Labute approximate surface area is 129 Å². The van der Waals surface area contributed by atoms with Crippen LogP contribution in [0.2, 0.25) is 0 Å². The molecule has 22 heavy (non-hydrogen) atoms. The fourth-order valence-corrected chi connectivity index (χ4v) is 3.33. The molecule has 1 atom stereocenters. The number of nitrogens with one attached hydrogen (secondary N) is 2. The third-order valence-electron chi connectivity index (χ3n) is 3.59. The fourth-order valence-electron chi connectivity index (χ4n) is 2.42. The molecule has 8 heteroatoms. The zero-order valence-electron chi connectivity index (χ0n) is 12.4. The van der Waals surface area contributed by atoms with Gasteiger partial charge in [-0.05, 0) is 18.9 Å². The lowest BCUT2D eigenvalue weighted by Gasteiger charge is -2.31. The van der Waals surface area contributed by atoms with E-state index in [0.29, 0.717) is 18.5 Å². The molecule has 1 saturated heterocycles. The number of rotatable bonds is 4. The Kier molecular flexibility index (Phi) is 5.36. The monoisotopic (exact) mass is 329 g/mol. The van der Waals surface area contributed by atoms with Gasteiger partial charge in [0.1, 0.15) is 5.82 Å². The van der Waals surface area contributed by atoms with Crippen LogP contribution in [0, 0.1) is 5.82 Å². The standard InChI is InChI=1S/C14H20FN3O3S/c1-22(20,21)18-8-4-6-12(10-18)17-14(19)16-9-11-5-2-3-7-13(11)15/h2-3,5,7,12H,4,6,8-10H2,1H3,(H2,16,17,19)/t12-/m0/s1. The molecule has 2 N–H and O–H groups in total. The molecule has 2 amide bonds. The van der Waals surface area contributed by atoms with Gasteiger partial charge in [-0.2, -0.15) is 0 Å². The number of halogens is 1. The van der Waals surface area contributed by atoms with Crippen LogP contribution in [0.5, 0.6) is 0 Å². The van der Waals surface area contributed by atoms with Crippen molar-refractivity contribution in [3.8, 4) is 0 Å². The Morgan fingerprint density at radius 2 is 2.14 bits per heavy atom. The first-order valence-electron chi connectivity index (χ1n) is 7.09. The van der Waals surface area contributed by atoms with E-state index in [9.17, 15) is 17.6 Å². The predicted molar refractivity (Wildman–Crippen MR) is 81.2 cm³/mol. The summed E-state index contributed by atoms with van der Waals surface area (Å²) in [6.45, 7) is 0.834. The first-order valence-corrected chi connectivity index (χ1v) is 8.94. The Morgan fingerprint density at radius 1 is 1.41 bits per heavy atom. The number of urea groups is 1. The Morgan fingerprint density at radius 3 is 2.82 bits per heavy atom. The van der Waals surface area contributed by atoms with Crippen molar-refractivity contribution in [1.29, 1.82) is 0 Å². The van der Waals surface area contributed by atoms with Crippen molar-refractivity contribution in [1.82, 2.24) is 14.9 Å². The lowest BCUT2D eigenvalue weighted by Crippen LogP contribution is -2.51. The molecule has 122 valence electrons. The summed E-state index contributed by atoms with van der Waals surface area (Å²) in [6.07, 6.45) is 2.58. The summed E-state index contributed by atoms with van der Waals surface area (Å²) in [5.74, 6) is -0.372. The van der Waals surface area contributed by atoms with Gasteiger partial charge in [-0.25, -0.2) is 21.9 Å². The van der Waals surface area contributed by atoms with E-state index >= 15 is 0 Å². The molecule has 0 spiro atoms. The van der Waals surface area contributed by atoms with Crippen molar-refractivity contribution >= 4 is 16.1 Å². The summed E-state index contributed by atoms with van der Waals surface area (Å²) in [6, 6.07) is 5.55. The van der Waals surface area contributed by atoms with Crippen LogP contribution < -0.4 is 10.6 Å². The van der Waals surface area contributed by atoms with E-state index in [1.807, 2.05) is 0 Å². The maximum atomic E-state index is 13.4. The van der Waals surface area contributed by atoms with Gasteiger partial charge in [-0.1, -0.05) is 18.2 Å². The fraction of sp³-hybridized carbons (Fsp3) is 0.500. The van der Waals surface area contributed by atoms with Crippen molar-refractivity contribution in [3.05, 3.63) is 35.6 Å². The van der Waals surface area contributed by atoms with E-state index in [0.717, 1.165) is 12.7 Å². The average Bonchev–Trinajstić information content (AvgIpc) is 2.46. The molecule has 1 aliphatic heterocycles. The van der Waals surface area contributed by atoms with Crippen LogP contribution in [0.15, 0.2) is 24.3 Å². The van der Waals surface area contributed by atoms with Gasteiger partial charge in [0.25, 0.3) is 0 Å². The number of amides is 2. The van der Waals surface area contributed by atoms with Crippen molar-refractivity contribution < 1.29 is 17.6 Å². The number of carbonyl (C=O) groups is 1. The van der Waals surface area contributed by atoms with Crippen LogP contribution in [-0.4, -0.2) is 44.1 Å². The molecule has 1 aromatic carbocycles. The van der Waals surface area contributed by atoms with Gasteiger partial charge in [0.15, 0.2) is 0 Å². The molecule has 0 saturated carbocycles. The molecule has 1 heterocycles. The summed E-state index contributed by atoms with van der Waals surface area (Å²) >= 11 is 0. The first kappa shape index (κ1) is 16.7. The van der Waals surface area contributed by atoms with Gasteiger partial charge >= 0.3 is 6.03 Å². The second kappa shape index (κ2) is 7.06. The summed E-state index contributed by atoms with van der Waals surface area (Å²) < 4.78 is 37.8. The largest absolute Gasteiger partial charge is 0.334 e. The van der Waals surface area contributed by atoms with E-state index in [2.05, 4.69) is 10.6 Å². The van der Waals surface area contributed by atoms with Gasteiger partial charge in [0.05, 0.1) is 6.26 Å². The second-order valence-electron chi connectivity index (χ2n) is 5.38. The predicted octanol–water partition coefficient (Wildman–Crippen LogP) is 1.05. The zero-order chi connectivity index (χ0) is 16.2. The van der Waals surface area contributed by atoms with E-state index in [1.165, 1.54) is 10.4 Å². The molecular weight excluding hydrogens is 309 g/mol. The second-order valence-corrected chi connectivity index (χ2v) is 7.36. The minimum Gasteiger partial charge on any atom is -0.334 e. The van der Waals surface area contributed by atoms with Crippen LogP contribution in [0.3, 0.4) is 0 Å². The number of hydrogen-bond donors (Lipinski definition) is 2. The minimum atomic E-state index is -3.24. The molecule has 0 unspecified atom stereocenters. The SMILES string of the molecule is CS(=O)(=O)N1CCC[C@H](NC(=O)NCc2ccccc2F)C1. The normalized spacial score (nSPS) is 19.6. The summed E-state index contributed by atoms with van der Waals surface area (Å²) in [7, 11) is -3.24. The molecular formula is C14H20FN3O3S. The molecule has 1 fully saturated rings. The summed E-state index contributed by atoms with van der Waals surface area (Å²) in [5.41, 5.74) is 0.402. The smallest absolute Gasteiger partial charge is 0.315 e. The molecule has 0 bridgehead atoms. The third-order valence-corrected chi connectivity index (χ3v) is 4.86. The molecule has 6 nitrogen and oxygen atoms in total. The first-order chi connectivity index (χ1) is 10.4. The lowest BCUT2D eigenvalue weighted by molar-refractivity contribution is 0.225. The minimum absolute atomic E-state index is 0.0843. The van der Waals surface area contributed by atoms with E-state index in [4.69, 9.17) is 0 Å². The van der Waals surface area contributed by atoms with E-state index in [-0.39, 0.29) is 24.9 Å². The molecule has 2 rings (SSSR count). The van der Waals surface area contributed by atoms with Crippen molar-refractivity contribution in [3.63, 3.8) is 0 Å². The molecule has 0 aliphatic carbocycles. The number of piperidine rings is 1. The summed E-state index contributed by atoms with van der Waals surface area (Å²) in [4.78, 5) is 11.8. The third kappa shape index (κ3) is 4.67. The highest BCUT2D eigenvalue weighted by atomic mass is 32.2. The molecule has 0 aromatic heterocycles. The zero-order valence-corrected chi connectivity index (χ0v) is 13.2. The van der Waals surface area contributed by atoms with Crippen molar-refractivity contribution in [2.24, 2.45) is 0 Å². The Bertz CT molecular complexity index is 636.